The summed E-state index contributed by atoms with van der Waals surface area (Å²) < 4.78 is 11.5. The molecular formula is C19H28O4. The summed E-state index contributed by atoms with van der Waals surface area (Å²) in [6, 6.07) is 0. The molecule has 4 atom stereocenters. The van der Waals surface area contributed by atoms with Crippen molar-refractivity contribution in [3.63, 3.8) is 0 Å². The third-order valence-corrected chi connectivity index (χ3v) is 5.92. The molecular weight excluding hydrogens is 292 g/mol. The molecule has 3 rings (SSSR count). The van der Waals surface area contributed by atoms with Crippen LogP contribution in [0.2, 0.25) is 0 Å². The fourth-order valence-corrected chi connectivity index (χ4v) is 4.65. The lowest BCUT2D eigenvalue weighted by Gasteiger charge is -2.36. The van der Waals surface area contributed by atoms with E-state index in [1.54, 1.807) is 6.92 Å². The molecule has 0 N–H and O–H groups in total. The van der Waals surface area contributed by atoms with Crippen LogP contribution in [-0.2, 0) is 19.1 Å². The normalized spacial score (nSPS) is 34.9. The van der Waals surface area contributed by atoms with E-state index in [4.69, 9.17) is 9.47 Å². The second kappa shape index (κ2) is 6.29. The lowest BCUT2D eigenvalue weighted by molar-refractivity contribution is -0.172. The van der Waals surface area contributed by atoms with Gasteiger partial charge in [-0.05, 0) is 64.7 Å². The van der Waals surface area contributed by atoms with Gasteiger partial charge in [-0.15, -0.1) is 0 Å². The van der Waals surface area contributed by atoms with Gasteiger partial charge in [0.1, 0.15) is 11.7 Å². The molecule has 0 aromatic rings. The molecule has 0 saturated heterocycles. The zero-order chi connectivity index (χ0) is 16.6. The first-order chi connectivity index (χ1) is 10.9. The van der Waals surface area contributed by atoms with Crippen molar-refractivity contribution in [3.8, 4) is 0 Å². The Bertz CT molecular complexity index is 503. The van der Waals surface area contributed by atoms with E-state index in [0.29, 0.717) is 11.5 Å². The Morgan fingerprint density at radius 1 is 1.09 bits per heavy atom. The molecule has 2 bridgehead atoms. The fraction of sp³-hybridized carbons (Fsp3) is 0.789. The average molecular weight is 320 g/mol. The van der Waals surface area contributed by atoms with Crippen LogP contribution in [0.3, 0.4) is 0 Å². The topological polar surface area (TPSA) is 52.6 Å². The lowest BCUT2D eigenvalue weighted by Crippen LogP contribution is -2.40. The second-order valence-corrected chi connectivity index (χ2v) is 8.00. The van der Waals surface area contributed by atoms with Gasteiger partial charge in [0.05, 0.1) is 5.92 Å². The van der Waals surface area contributed by atoms with Gasteiger partial charge in [-0.2, -0.15) is 0 Å². The SMILES string of the molecule is C=C(C)C(=O)OC1CC2CC(C(=O)OC3(C)CCCCC3)C1C2. The maximum Gasteiger partial charge on any atom is 0.333 e. The number of carbonyl (C=O) groups is 2. The Morgan fingerprint density at radius 2 is 1.78 bits per heavy atom. The monoisotopic (exact) mass is 320 g/mol. The quantitative estimate of drug-likeness (QED) is 0.584. The maximum absolute atomic E-state index is 12.7. The molecule has 0 aromatic carbocycles. The van der Waals surface area contributed by atoms with Gasteiger partial charge in [0.25, 0.3) is 0 Å². The molecule has 4 unspecified atom stereocenters. The minimum Gasteiger partial charge on any atom is -0.459 e. The standard InChI is InChI=1S/C19H28O4/c1-12(2)17(20)22-16-11-13-9-14(16)15(10-13)18(21)23-19(3)7-5-4-6-8-19/h13-16H,1,4-11H2,2-3H3. The number of fused-ring (bicyclic) bond motifs is 2. The van der Waals surface area contributed by atoms with Crippen molar-refractivity contribution in [1.82, 2.24) is 0 Å². The molecule has 0 aliphatic heterocycles. The third kappa shape index (κ3) is 3.46. The van der Waals surface area contributed by atoms with Crippen LogP contribution in [0.25, 0.3) is 0 Å². The van der Waals surface area contributed by atoms with Crippen LogP contribution in [-0.4, -0.2) is 23.6 Å². The Labute approximate surface area is 138 Å². The number of ether oxygens (including phenoxy) is 2. The van der Waals surface area contributed by atoms with E-state index in [9.17, 15) is 9.59 Å². The molecule has 3 saturated carbocycles. The van der Waals surface area contributed by atoms with Crippen LogP contribution in [0, 0.1) is 17.8 Å². The lowest BCUT2D eigenvalue weighted by atomic mass is 9.84. The van der Waals surface area contributed by atoms with Crippen LogP contribution in [0.4, 0.5) is 0 Å². The van der Waals surface area contributed by atoms with Crippen LogP contribution < -0.4 is 0 Å². The minimum absolute atomic E-state index is 0.0713. The van der Waals surface area contributed by atoms with Gasteiger partial charge in [0.15, 0.2) is 0 Å². The van der Waals surface area contributed by atoms with Gasteiger partial charge in [-0.3, -0.25) is 4.79 Å². The molecule has 128 valence electrons. The first-order valence-electron chi connectivity index (χ1n) is 8.97. The van der Waals surface area contributed by atoms with E-state index in [1.807, 2.05) is 0 Å². The summed E-state index contributed by atoms with van der Waals surface area (Å²) in [6.07, 6.45) is 8.05. The molecule has 0 heterocycles. The summed E-state index contributed by atoms with van der Waals surface area (Å²) in [5, 5.41) is 0. The van der Waals surface area contributed by atoms with E-state index in [0.717, 1.165) is 44.9 Å². The second-order valence-electron chi connectivity index (χ2n) is 8.00. The summed E-state index contributed by atoms with van der Waals surface area (Å²) in [5.41, 5.74) is 0.128. The van der Waals surface area contributed by atoms with E-state index < -0.39 is 0 Å². The Kier molecular flexibility index (Phi) is 4.52. The predicted octanol–water partition coefficient (Wildman–Crippen LogP) is 3.79. The van der Waals surface area contributed by atoms with Gasteiger partial charge in [-0.1, -0.05) is 13.0 Å². The van der Waals surface area contributed by atoms with Gasteiger partial charge in [0.2, 0.25) is 0 Å². The number of hydrogen-bond acceptors (Lipinski definition) is 4. The highest BCUT2D eigenvalue weighted by Crippen LogP contribution is 2.50. The first kappa shape index (κ1) is 16.5. The van der Waals surface area contributed by atoms with Crippen molar-refractivity contribution in [2.45, 2.75) is 76.9 Å². The highest BCUT2D eigenvalue weighted by molar-refractivity contribution is 5.87. The van der Waals surface area contributed by atoms with Crippen LogP contribution in [0.15, 0.2) is 12.2 Å². The fourth-order valence-electron chi connectivity index (χ4n) is 4.65. The molecule has 0 aromatic heterocycles. The molecule has 3 aliphatic rings. The molecule has 23 heavy (non-hydrogen) atoms. The number of rotatable bonds is 4. The van der Waals surface area contributed by atoms with E-state index in [-0.39, 0.29) is 35.5 Å². The van der Waals surface area contributed by atoms with E-state index in [2.05, 4.69) is 13.5 Å². The third-order valence-electron chi connectivity index (χ3n) is 5.92. The summed E-state index contributed by atoms with van der Waals surface area (Å²) >= 11 is 0. The molecule has 4 nitrogen and oxygen atoms in total. The van der Waals surface area contributed by atoms with Crippen LogP contribution in [0.1, 0.15) is 65.2 Å². The molecule has 3 aliphatic carbocycles. The zero-order valence-corrected chi connectivity index (χ0v) is 14.3. The van der Waals surface area contributed by atoms with E-state index in [1.165, 1.54) is 6.42 Å². The number of esters is 2. The van der Waals surface area contributed by atoms with Crippen LogP contribution >= 0.6 is 0 Å². The van der Waals surface area contributed by atoms with Crippen LogP contribution in [0.5, 0.6) is 0 Å². The summed E-state index contributed by atoms with van der Waals surface area (Å²) in [5.74, 6) is 0.102. The van der Waals surface area contributed by atoms with Crippen molar-refractivity contribution in [2.24, 2.45) is 17.8 Å². The summed E-state index contributed by atoms with van der Waals surface area (Å²) in [7, 11) is 0. The van der Waals surface area contributed by atoms with Crippen molar-refractivity contribution in [2.75, 3.05) is 0 Å². The highest BCUT2D eigenvalue weighted by Gasteiger charge is 2.52. The molecule has 4 heteroatoms. The molecule has 0 amide bonds. The number of hydrogen-bond donors (Lipinski definition) is 0. The van der Waals surface area contributed by atoms with Gasteiger partial charge in [0, 0.05) is 11.5 Å². The van der Waals surface area contributed by atoms with Crippen molar-refractivity contribution < 1.29 is 19.1 Å². The first-order valence-corrected chi connectivity index (χ1v) is 8.97. The van der Waals surface area contributed by atoms with Crippen molar-refractivity contribution >= 4 is 11.9 Å². The average Bonchev–Trinajstić information content (AvgIpc) is 3.07. The highest BCUT2D eigenvalue weighted by atomic mass is 16.6. The molecule has 0 spiro atoms. The summed E-state index contributed by atoms with van der Waals surface area (Å²) in [6.45, 7) is 7.36. The zero-order valence-electron chi connectivity index (χ0n) is 14.3. The largest absolute Gasteiger partial charge is 0.459 e. The Balaban J connectivity index is 1.61. The Hall–Kier alpha value is -1.32. The van der Waals surface area contributed by atoms with E-state index >= 15 is 0 Å². The van der Waals surface area contributed by atoms with Gasteiger partial charge < -0.3 is 9.47 Å². The van der Waals surface area contributed by atoms with Crippen molar-refractivity contribution in [1.29, 1.82) is 0 Å². The van der Waals surface area contributed by atoms with Gasteiger partial charge in [-0.25, -0.2) is 4.79 Å². The summed E-state index contributed by atoms with van der Waals surface area (Å²) in [4.78, 5) is 24.5. The molecule has 0 radical (unpaired) electrons. The smallest absolute Gasteiger partial charge is 0.333 e. The minimum atomic E-state index is -0.339. The Morgan fingerprint density at radius 3 is 2.39 bits per heavy atom. The maximum atomic E-state index is 12.7. The van der Waals surface area contributed by atoms with Gasteiger partial charge >= 0.3 is 11.9 Å². The predicted molar refractivity (Wildman–Crippen MR) is 86.6 cm³/mol. The van der Waals surface area contributed by atoms with Crippen molar-refractivity contribution in [3.05, 3.63) is 12.2 Å². The number of carbonyl (C=O) groups excluding carboxylic acids is 2. The molecule has 3 fully saturated rings.